The minimum atomic E-state index is -4.10. The van der Waals surface area contributed by atoms with Crippen molar-refractivity contribution in [2.45, 2.75) is 6.92 Å². The number of hydrogen-bond donors (Lipinski definition) is 2. The van der Waals surface area contributed by atoms with Crippen LogP contribution in [0.4, 0.5) is 0 Å². The summed E-state index contributed by atoms with van der Waals surface area (Å²) in [5.41, 5.74) is 7.26. The number of amides is 1. The lowest BCUT2D eigenvalue weighted by Gasteiger charge is -1.99. The summed E-state index contributed by atoms with van der Waals surface area (Å²) in [4.78, 5) is 10.7. The molecule has 2 aromatic rings. The number of carbonyl (C=O) groups excluding carboxylic acids is 1. The number of aryl methyl sites for hydroxylation is 1. The SMILES string of the molecule is Cc1ccc(C(N)=O)c(Br)c1.O=S(=O)(O)/C=C/c1ccc(Cl)c(Cl)c1. The Bertz CT molecular complexity index is 914. The van der Waals surface area contributed by atoms with Gasteiger partial charge in [-0.2, -0.15) is 8.42 Å². The van der Waals surface area contributed by atoms with Crippen molar-refractivity contribution >= 4 is 61.2 Å². The van der Waals surface area contributed by atoms with Crippen LogP contribution >= 0.6 is 39.1 Å². The third-order valence-corrected chi connectivity index (χ3v) is 4.64. The van der Waals surface area contributed by atoms with Crippen molar-refractivity contribution in [1.29, 1.82) is 0 Å². The molecule has 1 amide bonds. The van der Waals surface area contributed by atoms with Gasteiger partial charge in [-0.1, -0.05) is 35.3 Å². The van der Waals surface area contributed by atoms with Gasteiger partial charge >= 0.3 is 0 Å². The van der Waals surface area contributed by atoms with E-state index in [1.54, 1.807) is 12.1 Å². The summed E-state index contributed by atoms with van der Waals surface area (Å²) < 4.78 is 29.9. The van der Waals surface area contributed by atoms with E-state index in [-0.39, 0.29) is 0 Å². The Labute approximate surface area is 164 Å². The van der Waals surface area contributed by atoms with Crippen LogP contribution in [0.25, 0.3) is 6.08 Å². The molecule has 0 aliphatic heterocycles. The Kier molecular flexibility index (Phi) is 8.11. The molecule has 0 heterocycles. The monoisotopic (exact) mass is 465 g/mol. The summed E-state index contributed by atoms with van der Waals surface area (Å²) in [6.07, 6.45) is 1.22. The number of nitrogens with two attached hydrogens (primary N) is 1. The molecule has 134 valence electrons. The van der Waals surface area contributed by atoms with Gasteiger partial charge in [0.1, 0.15) is 0 Å². The molecule has 0 saturated carbocycles. The fourth-order valence-electron chi connectivity index (χ4n) is 1.60. The van der Waals surface area contributed by atoms with Gasteiger partial charge in [-0.3, -0.25) is 9.35 Å². The normalized spacial score (nSPS) is 11.1. The largest absolute Gasteiger partial charge is 0.366 e. The zero-order valence-corrected chi connectivity index (χ0v) is 16.8. The lowest BCUT2D eigenvalue weighted by atomic mass is 10.1. The molecule has 0 bridgehead atoms. The van der Waals surface area contributed by atoms with Crippen LogP contribution < -0.4 is 5.73 Å². The first-order valence-electron chi connectivity index (χ1n) is 6.66. The third kappa shape index (κ3) is 8.02. The molecule has 0 aliphatic rings. The number of rotatable bonds is 3. The van der Waals surface area contributed by atoms with E-state index in [1.807, 2.05) is 19.1 Å². The second-order valence-corrected chi connectivity index (χ2v) is 7.81. The fraction of sp³-hybridized carbons (Fsp3) is 0.0625. The van der Waals surface area contributed by atoms with Gasteiger partial charge in [0, 0.05) is 4.47 Å². The highest BCUT2D eigenvalue weighted by atomic mass is 79.9. The van der Waals surface area contributed by atoms with Gasteiger partial charge in [0.05, 0.1) is 21.0 Å². The van der Waals surface area contributed by atoms with Crippen molar-refractivity contribution in [1.82, 2.24) is 0 Å². The van der Waals surface area contributed by atoms with E-state index in [9.17, 15) is 13.2 Å². The Hall–Kier alpha value is -1.38. The first-order valence-corrected chi connectivity index (χ1v) is 9.71. The van der Waals surface area contributed by atoms with Gasteiger partial charge in [-0.15, -0.1) is 0 Å². The lowest BCUT2D eigenvalue weighted by molar-refractivity contribution is 0.0999. The van der Waals surface area contributed by atoms with Crippen molar-refractivity contribution in [2.75, 3.05) is 0 Å². The van der Waals surface area contributed by atoms with Crippen molar-refractivity contribution in [3.8, 4) is 0 Å². The highest BCUT2D eigenvalue weighted by Crippen LogP contribution is 2.23. The molecular weight excluding hydrogens is 453 g/mol. The van der Waals surface area contributed by atoms with Gasteiger partial charge in [0.2, 0.25) is 5.91 Å². The Morgan fingerprint density at radius 2 is 1.80 bits per heavy atom. The van der Waals surface area contributed by atoms with E-state index in [1.165, 1.54) is 18.2 Å². The average molecular weight is 467 g/mol. The maximum Gasteiger partial charge on any atom is 0.287 e. The average Bonchev–Trinajstić information content (AvgIpc) is 2.48. The van der Waals surface area contributed by atoms with Crippen LogP contribution in [-0.2, 0) is 10.1 Å². The topological polar surface area (TPSA) is 97.5 Å². The van der Waals surface area contributed by atoms with E-state index < -0.39 is 16.0 Å². The molecule has 2 aromatic carbocycles. The molecule has 0 unspecified atom stereocenters. The van der Waals surface area contributed by atoms with E-state index in [2.05, 4.69) is 15.9 Å². The van der Waals surface area contributed by atoms with Gasteiger partial charge in [-0.25, -0.2) is 0 Å². The van der Waals surface area contributed by atoms with Crippen molar-refractivity contribution in [2.24, 2.45) is 5.73 Å². The minimum absolute atomic E-state index is 0.323. The number of primary amides is 1. The summed E-state index contributed by atoms with van der Waals surface area (Å²) in [7, 11) is -4.10. The maximum atomic E-state index is 10.7. The Balaban J connectivity index is 0.000000257. The fourth-order valence-corrected chi connectivity index (χ4v) is 2.92. The van der Waals surface area contributed by atoms with Crippen LogP contribution in [0.1, 0.15) is 21.5 Å². The zero-order chi connectivity index (χ0) is 19.2. The molecule has 0 aliphatic carbocycles. The molecule has 0 aromatic heterocycles. The Morgan fingerprint density at radius 1 is 1.16 bits per heavy atom. The minimum Gasteiger partial charge on any atom is -0.366 e. The van der Waals surface area contributed by atoms with Crippen LogP contribution in [0.15, 0.2) is 46.3 Å². The number of carbonyl (C=O) groups is 1. The van der Waals surface area contributed by atoms with E-state index in [4.69, 9.17) is 33.5 Å². The molecule has 0 spiro atoms. The van der Waals surface area contributed by atoms with Crippen LogP contribution in [0.5, 0.6) is 0 Å². The molecule has 3 N–H and O–H groups in total. The summed E-state index contributed by atoms with van der Waals surface area (Å²) in [6, 6.07) is 10.0. The molecule has 25 heavy (non-hydrogen) atoms. The van der Waals surface area contributed by atoms with Crippen LogP contribution in [0.3, 0.4) is 0 Å². The molecule has 0 atom stereocenters. The summed E-state index contributed by atoms with van der Waals surface area (Å²) >= 11 is 14.6. The molecule has 2 rings (SSSR count). The second-order valence-electron chi connectivity index (χ2n) is 4.84. The predicted molar refractivity (Wildman–Crippen MR) is 104 cm³/mol. The van der Waals surface area contributed by atoms with Crippen molar-refractivity contribution in [3.63, 3.8) is 0 Å². The van der Waals surface area contributed by atoms with Gasteiger partial charge in [0.25, 0.3) is 10.1 Å². The molecule has 0 saturated heterocycles. The quantitative estimate of drug-likeness (QED) is 0.640. The number of hydrogen-bond acceptors (Lipinski definition) is 3. The van der Waals surface area contributed by atoms with Crippen LogP contribution in [-0.4, -0.2) is 18.9 Å². The molecule has 0 radical (unpaired) electrons. The van der Waals surface area contributed by atoms with Gasteiger partial charge in [0.15, 0.2) is 0 Å². The summed E-state index contributed by atoms with van der Waals surface area (Å²) in [6.45, 7) is 1.95. The molecule has 9 heteroatoms. The maximum absolute atomic E-state index is 10.7. The highest BCUT2D eigenvalue weighted by molar-refractivity contribution is 9.10. The number of halogens is 3. The van der Waals surface area contributed by atoms with E-state index in [0.29, 0.717) is 26.6 Å². The molecular formula is C16H14BrCl2NO4S. The smallest absolute Gasteiger partial charge is 0.287 e. The molecule has 0 fully saturated rings. The predicted octanol–water partition coefficient (Wildman–Crippen LogP) is 4.71. The van der Waals surface area contributed by atoms with E-state index in [0.717, 1.165) is 10.0 Å². The van der Waals surface area contributed by atoms with Crippen LogP contribution in [0, 0.1) is 6.92 Å². The highest BCUT2D eigenvalue weighted by Gasteiger charge is 2.04. The van der Waals surface area contributed by atoms with Crippen molar-refractivity contribution < 1.29 is 17.8 Å². The third-order valence-electron chi connectivity index (χ3n) is 2.77. The van der Waals surface area contributed by atoms with Gasteiger partial charge < -0.3 is 5.73 Å². The van der Waals surface area contributed by atoms with Crippen LogP contribution in [0.2, 0.25) is 10.0 Å². The van der Waals surface area contributed by atoms with E-state index >= 15 is 0 Å². The summed E-state index contributed by atoms with van der Waals surface area (Å²) in [5.74, 6) is -0.406. The number of benzene rings is 2. The lowest BCUT2D eigenvalue weighted by Crippen LogP contribution is -2.11. The first-order chi connectivity index (χ1) is 11.5. The zero-order valence-electron chi connectivity index (χ0n) is 12.9. The summed E-state index contributed by atoms with van der Waals surface area (Å²) in [5, 5.41) is 1.38. The van der Waals surface area contributed by atoms with Gasteiger partial charge in [-0.05, 0) is 64.3 Å². The molecule has 5 nitrogen and oxygen atoms in total. The standard InChI is InChI=1S/C8H8BrNO.C8H6Cl2O3S/c1-5-2-3-6(8(10)11)7(9)4-5;9-7-2-1-6(5-8(7)10)3-4-14(11,12)13/h2-4H,1H3,(H2,10,11);1-5H,(H,11,12,13)/b;4-3+. The second kappa shape index (κ2) is 9.35. The van der Waals surface area contributed by atoms with Crippen molar-refractivity contribution in [3.05, 3.63) is 73.0 Å². The first kappa shape index (κ1) is 21.7. The Morgan fingerprint density at radius 3 is 2.28 bits per heavy atom.